The number of likely N-dealkylation sites (tertiary alicyclic amines) is 2. The molecule has 13 heteroatoms. The molecule has 3 aromatic rings. The molecule has 12 nitrogen and oxygen atoms in total. The third kappa shape index (κ3) is 6.49. The van der Waals surface area contributed by atoms with Gasteiger partial charge in [-0.3, -0.25) is 29.0 Å². The van der Waals surface area contributed by atoms with Crippen molar-refractivity contribution in [3.8, 4) is 23.0 Å². The summed E-state index contributed by atoms with van der Waals surface area (Å²) in [6, 6.07) is 7.14. The van der Waals surface area contributed by atoms with Crippen molar-refractivity contribution in [2.45, 2.75) is 171 Å². The average Bonchev–Trinajstić information content (AvgIpc) is 4.26. The number of thiophene rings is 1. The number of aliphatic hydroxyl groups is 2. The van der Waals surface area contributed by atoms with Crippen LogP contribution in [0.25, 0.3) is 0 Å². The van der Waals surface area contributed by atoms with Crippen molar-refractivity contribution < 1.29 is 48.3 Å². The molecule has 364 valence electrons. The van der Waals surface area contributed by atoms with Gasteiger partial charge in [-0.25, -0.2) is 0 Å². The van der Waals surface area contributed by atoms with Crippen LogP contribution in [0.2, 0.25) is 0 Å². The second-order valence-electron chi connectivity index (χ2n) is 22.3. The number of Topliss-reactive ketones (excluding diaryl/α,β-unsaturated/α-hetero) is 2. The quantitative estimate of drug-likeness (QED) is 0.135. The molecule has 6 fully saturated rings. The maximum atomic E-state index is 14.4. The Morgan fingerprint density at radius 3 is 1.99 bits per heavy atom. The lowest BCUT2D eigenvalue weighted by Crippen LogP contribution is -2.76. The largest absolute Gasteiger partial charge is 0.493 e. The number of carbonyl (C=O) groups excluding carboxylic acids is 4. The number of benzene rings is 2. The van der Waals surface area contributed by atoms with Crippen LogP contribution in [0.15, 0.2) is 24.3 Å². The highest BCUT2D eigenvalue weighted by molar-refractivity contribution is 7.12. The molecule has 0 amide bonds. The first-order chi connectivity index (χ1) is 32.4. The van der Waals surface area contributed by atoms with E-state index in [1.165, 1.54) is 37.0 Å². The van der Waals surface area contributed by atoms with E-state index in [1.807, 2.05) is 39.8 Å². The van der Waals surface area contributed by atoms with E-state index in [1.54, 1.807) is 33.1 Å². The van der Waals surface area contributed by atoms with Gasteiger partial charge >= 0.3 is 11.9 Å². The SMILES string of the molecule is COc1c(OC(=O)C(C)c2sc(C(C)C(=O)Oc3ccc4c5c3O[C@H]3C(=O)CC[C@@]6(O)[C@@H](C4)N(CC4CC4)CC[C@]536)c(C)c2C)ccc(C)c1[C@]12CCN(CC3CC3)[C@H](C)[C@]1(O)CCC(=O)[C@@H]2C. The highest BCUT2D eigenvalue weighted by Crippen LogP contribution is 2.66. The zero-order valence-electron chi connectivity index (χ0n) is 41.0. The minimum atomic E-state index is -1.22. The predicted octanol–water partition coefficient (Wildman–Crippen LogP) is 7.71. The molecule has 3 aliphatic heterocycles. The maximum absolute atomic E-state index is 14.4. The number of fused-ring (bicyclic) bond motifs is 1. The summed E-state index contributed by atoms with van der Waals surface area (Å²) in [4.78, 5) is 62.4. The van der Waals surface area contributed by atoms with E-state index in [0.29, 0.717) is 61.9 Å². The van der Waals surface area contributed by atoms with Crippen LogP contribution in [0.1, 0.15) is 147 Å². The first-order valence-corrected chi connectivity index (χ1v) is 26.2. The van der Waals surface area contributed by atoms with Gasteiger partial charge in [-0.2, -0.15) is 0 Å². The summed E-state index contributed by atoms with van der Waals surface area (Å²) in [7, 11) is 1.56. The van der Waals surface area contributed by atoms with Crippen LogP contribution >= 0.6 is 11.3 Å². The topological polar surface area (TPSA) is 152 Å². The molecule has 2 unspecified atom stereocenters. The maximum Gasteiger partial charge on any atom is 0.319 e. The Labute approximate surface area is 404 Å². The summed E-state index contributed by atoms with van der Waals surface area (Å²) in [5.41, 5.74) is 1.10. The normalized spacial score (nSPS) is 33.9. The number of piperidine rings is 2. The predicted molar refractivity (Wildman–Crippen MR) is 256 cm³/mol. The molecule has 11 rings (SSSR count). The molecular weight excluding hydrogens is 881 g/mol. The number of rotatable bonds is 12. The van der Waals surface area contributed by atoms with Gasteiger partial charge in [0.1, 0.15) is 5.78 Å². The molecule has 2 aromatic carbocycles. The first kappa shape index (κ1) is 46.3. The minimum absolute atomic E-state index is 0.0126. The number of hydrogen-bond donors (Lipinski definition) is 2. The second-order valence-corrected chi connectivity index (χ2v) is 23.4. The molecule has 68 heavy (non-hydrogen) atoms. The Hall–Kier alpha value is -4.14. The van der Waals surface area contributed by atoms with Gasteiger partial charge in [0.15, 0.2) is 34.9 Å². The highest BCUT2D eigenvalue weighted by atomic mass is 32.1. The zero-order chi connectivity index (χ0) is 48.0. The fourth-order valence-electron chi connectivity index (χ4n) is 14.6. The lowest BCUT2D eigenvalue weighted by atomic mass is 9.49. The molecule has 2 bridgehead atoms. The van der Waals surface area contributed by atoms with E-state index in [2.05, 4.69) is 16.7 Å². The van der Waals surface area contributed by atoms with Gasteiger partial charge in [0.05, 0.1) is 35.6 Å². The lowest BCUT2D eigenvalue weighted by Gasteiger charge is -2.62. The number of ketones is 2. The number of esters is 2. The number of carbonyl (C=O) groups is 4. The van der Waals surface area contributed by atoms with Gasteiger partial charge in [0, 0.05) is 70.2 Å². The molecule has 0 radical (unpaired) electrons. The van der Waals surface area contributed by atoms with Crippen molar-refractivity contribution in [2.24, 2.45) is 17.8 Å². The third-order valence-electron chi connectivity index (χ3n) is 18.9. The fraction of sp³-hybridized carbons (Fsp3) is 0.636. The van der Waals surface area contributed by atoms with E-state index in [-0.39, 0.29) is 41.6 Å². The van der Waals surface area contributed by atoms with E-state index in [9.17, 15) is 29.4 Å². The van der Waals surface area contributed by atoms with Crippen LogP contribution in [0.5, 0.6) is 23.0 Å². The number of hydrogen-bond acceptors (Lipinski definition) is 13. The van der Waals surface area contributed by atoms with Gasteiger partial charge in [-0.15, -0.1) is 11.3 Å². The summed E-state index contributed by atoms with van der Waals surface area (Å²) in [6.45, 7) is 17.0. The second kappa shape index (κ2) is 16.2. The smallest absolute Gasteiger partial charge is 0.319 e. The highest BCUT2D eigenvalue weighted by Gasteiger charge is 2.73. The van der Waals surface area contributed by atoms with Crippen molar-refractivity contribution in [3.63, 3.8) is 0 Å². The van der Waals surface area contributed by atoms with E-state index < -0.39 is 57.8 Å². The van der Waals surface area contributed by atoms with E-state index >= 15 is 0 Å². The lowest BCUT2D eigenvalue weighted by molar-refractivity contribution is -0.188. The van der Waals surface area contributed by atoms with Crippen molar-refractivity contribution in [1.82, 2.24) is 9.80 Å². The Balaban J connectivity index is 0.849. The van der Waals surface area contributed by atoms with E-state index in [4.69, 9.17) is 18.9 Å². The van der Waals surface area contributed by atoms with Gasteiger partial charge in [0.25, 0.3) is 0 Å². The Bertz CT molecular complexity index is 2630. The number of ether oxygens (including phenoxy) is 4. The average molecular weight is 949 g/mol. The van der Waals surface area contributed by atoms with E-state index in [0.717, 1.165) is 69.3 Å². The van der Waals surface area contributed by atoms with Crippen LogP contribution in [0, 0.1) is 38.5 Å². The summed E-state index contributed by atoms with van der Waals surface area (Å²) in [6.07, 6.45) is 7.19. The number of methoxy groups -OCH3 is 1. The molecule has 4 saturated carbocycles. The van der Waals surface area contributed by atoms with Crippen LogP contribution in [-0.4, -0.2) is 106 Å². The Morgan fingerprint density at radius 1 is 0.765 bits per heavy atom. The van der Waals surface area contributed by atoms with Crippen molar-refractivity contribution in [3.05, 3.63) is 67.4 Å². The fourth-order valence-corrected chi connectivity index (χ4v) is 16.0. The molecule has 2 N–H and O–H groups in total. The molecule has 4 heterocycles. The van der Waals surface area contributed by atoms with Crippen LogP contribution in [-0.2, 0) is 36.4 Å². The number of nitrogens with zero attached hydrogens (tertiary/aromatic N) is 2. The van der Waals surface area contributed by atoms with Crippen molar-refractivity contribution >= 4 is 34.8 Å². The molecule has 2 saturated heterocycles. The van der Waals surface area contributed by atoms with Gasteiger partial charge in [-0.05, 0) is 159 Å². The Kier molecular flexibility index (Phi) is 11.0. The Morgan fingerprint density at radius 2 is 1.34 bits per heavy atom. The minimum Gasteiger partial charge on any atom is -0.493 e. The molecule has 8 aliphatic rings. The molecule has 1 aromatic heterocycles. The van der Waals surface area contributed by atoms with Crippen molar-refractivity contribution in [1.29, 1.82) is 0 Å². The first-order valence-electron chi connectivity index (χ1n) is 25.4. The third-order valence-corrected chi connectivity index (χ3v) is 20.7. The van der Waals surface area contributed by atoms with Crippen LogP contribution in [0.4, 0.5) is 0 Å². The van der Waals surface area contributed by atoms with Crippen molar-refractivity contribution in [2.75, 3.05) is 33.3 Å². The summed E-state index contributed by atoms with van der Waals surface area (Å²) >= 11 is 1.39. The van der Waals surface area contributed by atoms with Gasteiger partial charge in [-0.1, -0.05) is 19.1 Å². The summed E-state index contributed by atoms with van der Waals surface area (Å²) in [5, 5.41) is 25.7. The van der Waals surface area contributed by atoms with Gasteiger partial charge < -0.3 is 29.2 Å². The molecular formula is C55H68N2O10S. The standard InChI is InChI=1S/C55H68N2O10S/c1-28-9-15-40(45(64-8)43(28)52-21-23-56(26-35-10-11-35)34(7)54(52,62)19-17-38(58)33(52)6)65-50(60)31(4)47-29(2)30(3)48(68-47)32(5)51(61)66-41-16-14-37-25-42-55(63)20-18-39(59)49-53(55,44(37)46(41)67-49)22-24-57(42)27-36-12-13-36/h9,14-16,31-36,42,49,62-63H,10-13,17-27H2,1-8H3/t31?,32?,33-,34+,42+,49-,52+,53-,54+,55+/m0/s1. The van der Waals surface area contributed by atoms with Crippen LogP contribution in [0.3, 0.4) is 0 Å². The number of aryl methyl sites for hydroxylation is 1. The summed E-state index contributed by atoms with van der Waals surface area (Å²) < 4.78 is 25.3. The molecule has 10 atom stereocenters. The summed E-state index contributed by atoms with van der Waals surface area (Å²) in [5.74, 6) is -0.185. The molecule has 5 aliphatic carbocycles. The molecule has 1 spiro atoms. The monoisotopic (exact) mass is 948 g/mol. The zero-order valence-corrected chi connectivity index (χ0v) is 41.8. The van der Waals surface area contributed by atoms with Gasteiger partial charge in [0.2, 0.25) is 0 Å². The van der Waals surface area contributed by atoms with Crippen LogP contribution < -0.4 is 18.9 Å².